The molecule has 0 spiro atoms. The van der Waals surface area contributed by atoms with Crippen LogP contribution < -0.4 is 5.73 Å². The number of aliphatic hydroxyl groups excluding tert-OH is 1. The van der Waals surface area contributed by atoms with Crippen molar-refractivity contribution < 1.29 is 13.5 Å². The van der Waals surface area contributed by atoms with Crippen LogP contribution in [0, 0.1) is 5.92 Å². The third-order valence-electron chi connectivity index (χ3n) is 3.28. The molecule has 1 rings (SSSR count). The lowest BCUT2D eigenvalue weighted by atomic mass is 9.84. The molecule has 0 bridgehead atoms. The summed E-state index contributed by atoms with van der Waals surface area (Å²) >= 11 is 0. The highest BCUT2D eigenvalue weighted by Gasteiger charge is 2.31. The van der Waals surface area contributed by atoms with Crippen molar-refractivity contribution in [2.75, 3.05) is 12.8 Å². The van der Waals surface area contributed by atoms with Crippen molar-refractivity contribution in [3.63, 3.8) is 0 Å². The van der Waals surface area contributed by atoms with Crippen LogP contribution in [0.2, 0.25) is 0 Å². The molecule has 0 aliphatic heterocycles. The van der Waals surface area contributed by atoms with Gasteiger partial charge in [0.25, 0.3) is 0 Å². The summed E-state index contributed by atoms with van der Waals surface area (Å²) in [7, 11) is -2.95. The second-order valence-electron chi connectivity index (χ2n) is 4.52. The maximum absolute atomic E-state index is 11.4. The van der Waals surface area contributed by atoms with E-state index < -0.39 is 15.9 Å². The summed E-state index contributed by atoms with van der Waals surface area (Å²) in [6.45, 7) is 0.460. The van der Waals surface area contributed by atoms with Crippen molar-refractivity contribution in [3.05, 3.63) is 0 Å². The van der Waals surface area contributed by atoms with E-state index in [2.05, 4.69) is 0 Å². The second-order valence-corrected chi connectivity index (χ2v) is 6.85. The normalized spacial score (nSPS) is 30.1. The molecule has 0 radical (unpaired) electrons. The topological polar surface area (TPSA) is 80.4 Å². The average molecular weight is 235 g/mol. The summed E-state index contributed by atoms with van der Waals surface area (Å²) in [6.07, 6.45) is 4.58. The maximum atomic E-state index is 11.4. The Kier molecular flexibility index (Phi) is 4.55. The van der Waals surface area contributed by atoms with Gasteiger partial charge in [-0.3, -0.25) is 0 Å². The lowest BCUT2D eigenvalue weighted by Gasteiger charge is -2.31. The molecule has 15 heavy (non-hydrogen) atoms. The number of rotatable bonds is 4. The van der Waals surface area contributed by atoms with E-state index >= 15 is 0 Å². The first kappa shape index (κ1) is 12.9. The fourth-order valence-electron chi connectivity index (χ4n) is 2.33. The largest absolute Gasteiger partial charge is 0.393 e. The molecule has 4 nitrogen and oxygen atoms in total. The Morgan fingerprint density at radius 2 is 2.13 bits per heavy atom. The third kappa shape index (κ3) is 3.74. The van der Waals surface area contributed by atoms with Crippen LogP contribution in [0.5, 0.6) is 0 Å². The number of nitrogens with two attached hydrogens (primary N) is 1. The summed E-state index contributed by atoms with van der Waals surface area (Å²) in [4.78, 5) is 0. The zero-order valence-corrected chi connectivity index (χ0v) is 10.0. The van der Waals surface area contributed by atoms with E-state index in [-0.39, 0.29) is 11.2 Å². The minimum Gasteiger partial charge on any atom is -0.393 e. The standard InChI is InChI=1S/C10H21NO3S/c1-15(13,14)9-4-2-3-8(7-9)10(12)5-6-11/h8-10,12H,2-7,11H2,1H3. The summed E-state index contributed by atoms with van der Waals surface area (Å²) in [5.74, 6) is 0.113. The Morgan fingerprint density at radius 1 is 1.47 bits per heavy atom. The number of aliphatic hydroxyl groups is 1. The molecule has 1 aliphatic carbocycles. The van der Waals surface area contributed by atoms with Crippen LogP contribution >= 0.6 is 0 Å². The second kappa shape index (κ2) is 5.27. The van der Waals surface area contributed by atoms with Crippen LogP contribution in [0.1, 0.15) is 32.1 Å². The Morgan fingerprint density at radius 3 is 2.67 bits per heavy atom. The molecule has 0 aromatic carbocycles. The van der Waals surface area contributed by atoms with E-state index in [1.807, 2.05) is 0 Å². The zero-order valence-electron chi connectivity index (χ0n) is 9.22. The van der Waals surface area contributed by atoms with Crippen LogP contribution in [0.15, 0.2) is 0 Å². The molecule has 90 valence electrons. The van der Waals surface area contributed by atoms with Crippen molar-refractivity contribution in [2.45, 2.75) is 43.5 Å². The molecular formula is C10H21NO3S. The van der Waals surface area contributed by atoms with Gasteiger partial charge in [0.2, 0.25) is 0 Å². The molecule has 1 fully saturated rings. The molecule has 3 unspecified atom stereocenters. The highest BCUT2D eigenvalue weighted by Crippen LogP contribution is 2.31. The molecule has 0 aromatic rings. The van der Waals surface area contributed by atoms with E-state index in [1.165, 1.54) is 6.26 Å². The molecule has 5 heteroatoms. The Labute approximate surface area is 91.8 Å². The summed E-state index contributed by atoms with van der Waals surface area (Å²) in [5.41, 5.74) is 5.38. The summed E-state index contributed by atoms with van der Waals surface area (Å²) in [5, 5.41) is 9.52. The Bertz CT molecular complexity index is 289. The minimum absolute atomic E-state index is 0.113. The first-order chi connectivity index (χ1) is 6.95. The van der Waals surface area contributed by atoms with Gasteiger partial charge < -0.3 is 10.8 Å². The van der Waals surface area contributed by atoms with Gasteiger partial charge in [0.15, 0.2) is 0 Å². The monoisotopic (exact) mass is 235 g/mol. The highest BCUT2D eigenvalue weighted by molar-refractivity contribution is 7.91. The van der Waals surface area contributed by atoms with Crippen molar-refractivity contribution in [1.82, 2.24) is 0 Å². The predicted molar refractivity (Wildman–Crippen MR) is 60.3 cm³/mol. The van der Waals surface area contributed by atoms with Crippen LogP contribution in [0.4, 0.5) is 0 Å². The van der Waals surface area contributed by atoms with Crippen molar-refractivity contribution in [1.29, 1.82) is 0 Å². The molecule has 3 atom stereocenters. The SMILES string of the molecule is CS(=O)(=O)C1CCCC(C(O)CCN)C1. The fourth-order valence-corrected chi connectivity index (χ4v) is 3.52. The first-order valence-electron chi connectivity index (χ1n) is 5.52. The van der Waals surface area contributed by atoms with Gasteiger partial charge in [-0.15, -0.1) is 0 Å². The van der Waals surface area contributed by atoms with Gasteiger partial charge in [0, 0.05) is 6.26 Å². The van der Waals surface area contributed by atoms with Crippen LogP contribution in [0.3, 0.4) is 0 Å². The van der Waals surface area contributed by atoms with Crippen LogP contribution in [-0.2, 0) is 9.84 Å². The Balaban J connectivity index is 2.56. The number of hydrogen-bond donors (Lipinski definition) is 2. The third-order valence-corrected chi connectivity index (χ3v) is 4.92. The summed E-state index contributed by atoms with van der Waals surface area (Å²) in [6, 6.07) is 0. The highest BCUT2D eigenvalue weighted by atomic mass is 32.2. The quantitative estimate of drug-likeness (QED) is 0.734. The van der Waals surface area contributed by atoms with Crippen LogP contribution in [-0.4, -0.2) is 37.7 Å². The van der Waals surface area contributed by atoms with Gasteiger partial charge >= 0.3 is 0 Å². The van der Waals surface area contributed by atoms with E-state index in [4.69, 9.17) is 5.73 Å². The molecular weight excluding hydrogens is 214 g/mol. The fraction of sp³-hybridized carbons (Fsp3) is 1.00. The van der Waals surface area contributed by atoms with Crippen molar-refractivity contribution >= 4 is 9.84 Å². The van der Waals surface area contributed by atoms with Gasteiger partial charge in [-0.2, -0.15) is 0 Å². The minimum atomic E-state index is -2.95. The molecule has 1 saturated carbocycles. The van der Waals surface area contributed by atoms with E-state index in [9.17, 15) is 13.5 Å². The van der Waals surface area contributed by atoms with Crippen molar-refractivity contribution in [2.24, 2.45) is 11.7 Å². The number of hydrogen-bond acceptors (Lipinski definition) is 4. The predicted octanol–water partition coefficient (Wildman–Crippen LogP) is 0.300. The molecule has 0 heterocycles. The summed E-state index contributed by atoms with van der Waals surface area (Å²) < 4.78 is 22.8. The molecule has 0 amide bonds. The number of sulfone groups is 1. The zero-order chi connectivity index (χ0) is 11.5. The molecule has 0 aromatic heterocycles. The van der Waals surface area contributed by atoms with E-state index in [0.29, 0.717) is 19.4 Å². The molecule has 3 N–H and O–H groups in total. The van der Waals surface area contributed by atoms with Crippen LogP contribution in [0.25, 0.3) is 0 Å². The van der Waals surface area contributed by atoms with Gasteiger partial charge in [-0.1, -0.05) is 6.42 Å². The van der Waals surface area contributed by atoms with Gasteiger partial charge in [0.05, 0.1) is 11.4 Å². The lowest BCUT2D eigenvalue weighted by Crippen LogP contribution is -2.34. The van der Waals surface area contributed by atoms with E-state index in [0.717, 1.165) is 19.3 Å². The first-order valence-corrected chi connectivity index (χ1v) is 7.47. The molecule has 0 saturated heterocycles. The smallest absolute Gasteiger partial charge is 0.150 e. The van der Waals surface area contributed by atoms with Crippen molar-refractivity contribution in [3.8, 4) is 0 Å². The van der Waals surface area contributed by atoms with Gasteiger partial charge in [-0.05, 0) is 38.1 Å². The Hall–Kier alpha value is -0.130. The lowest BCUT2D eigenvalue weighted by molar-refractivity contribution is 0.0802. The van der Waals surface area contributed by atoms with Gasteiger partial charge in [-0.25, -0.2) is 8.42 Å². The average Bonchev–Trinajstić information content (AvgIpc) is 2.17. The van der Waals surface area contributed by atoms with E-state index in [1.54, 1.807) is 0 Å². The van der Waals surface area contributed by atoms with Gasteiger partial charge in [0.1, 0.15) is 9.84 Å². The molecule has 1 aliphatic rings. The maximum Gasteiger partial charge on any atom is 0.150 e.